The van der Waals surface area contributed by atoms with Gasteiger partial charge in [-0.15, -0.1) is 0 Å². The second-order valence-electron chi connectivity index (χ2n) is 6.41. The molecule has 1 atom stereocenters. The SMILES string of the molecule is CCCNC(CN1CCCN(C)CC1)(C(=O)O)C1CC1. The van der Waals surface area contributed by atoms with Crippen LogP contribution in [0.15, 0.2) is 0 Å². The average molecular weight is 283 g/mol. The van der Waals surface area contributed by atoms with Crippen molar-refractivity contribution in [2.45, 2.75) is 38.1 Å². The second kappa shape index (κ2) is 6.87. The lowest BCUT2D eigenvalue weighted by Gasteiger charge is -2.36. The summed E-state index contributed by atoms with van der Waals surface area (Å²) in [5.74, 6) is -0.349. The highest BCUT2D eigenvalue weighted by Gasteiger charge is 2.51. The van der Waals surface area contributed by atoms with Crippen molar-refractivity contribution >= 4 is 5.97 Å². The fraction of sp³-hybridized carbons (Fsp3) is 0.933. The standard InChI is InChI=1S/C15H29N3O2/c1-3-7-16-15(14(19)20,13-5-6-13)12-18-9-4-8-17(2)10-11-18/h13,16H,3-12H2,1-2H3,(H,19,20). The molecule has 1 saturated heterocycles. The molecule has 1 heterocycles. The summed E-state index contributed by atoms with van der Waals surface area (Å²) in [6.07, 6.45) is 4.21. The quantitative estimate of drug-likeness (QED) is 0.726. The van der Waals surface area contributed by atoms with Gasteiger partial charge in [-0.05, 0) is 58.3 Å². The van der Waals surface area contributed by atoms with E-state index in [1.165, 1.54) is 0 Å². The number of hydrogen-bond acceptors (Lipinski definition) is 4. The van der Waals surface area contributed by atoms with Gasteiger partial charge in [0.2, 0.25) is 0 Å². The zero-order valence-corrected chi connectivity index (χ0v) is 12.9. The van der Waals surface area contributed by atoms with Crippen molar-refractivity contribution < 1.29 is 9.90 Å². The molecule has 2 rings (SSSR count). The number of carboxylic acid groups (broad SMARTS) is 1. The van der Waals surface area contributed by atoms with Gasteiger partial charge in [-0.25, -0.2) is 0 Å². The van der Waals surface area contributed by atoms with Crippen molar-refractivity contribution in [3.05, 3.63) is 0 Å². The molecule has 1 aliphatic carbocycles. The van der Waals surface area contributed by atoms with Gasteiger partial charge in [-0.3, -0.25) is 9.69 Å². The maximum absolute atomic E-state index is 11.9. The van der Waals surface area contributed by atoms with Crippen LogP contribution in [0.25, 0.3) is 0 Å². The Morgan fingerprint density at radius 1 is 1.30 bits per heavy atom. The summed E-state index contributed by atoms with van der Waals surface area (Å²) >= 11 is 0. The molecule has 0 spiro atoms. The lowest BCUT2D eigenvalue weighted by molar-refractivity contribution is -0.147. The Balaban J connectivity index is 2.04. The Labute approximate surface area is 122 Å². The Hall–Kier alpha value is -0.650. The number of carbonyl (C=O) groups is 1. The van der Waals surface area contributed by atoms with Crippen LogP contribution in [0.4, 0.5) is 0 Å². The Morgan fingerprint density at radius 2 is 2.05 bits per heavy atom. The van der Waals surface area contributed by atoms with Crippen molar-refractivity contribution in [2.24, 2.45) is 5.92 Å². The largest absolute Gasteiger partial charge is 0.480 e. The molecule has 0 aromatic heterocycles. The molecule has 0 aromatic rings. The minimum atomic E-state index is -0.723. The Bertz CT molecular complexity index is 333. The third-order valence-electron chi connectivity index (χ3n) is 4.63. The third kappa shape index (κ3) is 3.71. The maximum atomic E-state index is 11.9. The van der Waals surface area contributed by atoms with Crippen LogP contribution < -0.4 is 5.32 Å². The molecule has 116 valence electrons. The van der Waals surface area contributed by atoms with Crippen LogP contribution >= 0.6 is 0 Å². The zero-order chi connectivity index (χ0) is 14.6. The van der Waals surface area contributed by atoms with Crippen LogP contribution in [0, 0.1) is 5.92 Å². The minimum absolute atomic E-state index is 0.313. The molecule has 1 unspecified atom stereocenters. The lowest BCUT2D eigenvalue weighted by Crippen LogP contribution is -2.61. The first kappa shape index (κ1) is 15.7. The lowest BCUT2D eigenvalue weighted by atomic mass is 9.92. The van der Waals surface area contributed by atoms with E-state index in [0.717, 1.165) is 58.4 Å². The van der Waals surface area contributed by atoms with Crippen LogP contribution in [0.1, 0.15) is 32.6 Å². The second-order valence-corrected chi connectivity index (χ2v) is 6.41. The molecule has 2 fully saturated rings. The predicted molar refractivity (Wildman–Crippen MR) is 79.9 cm³/mol. The highest BCUT2D eigenvalue weighted by atomic mass is 16.4. The first-order valence-corrected chi connectivity index (χ1v) is 7.98. The smallest absolute Gasteiger partial charge is 0.325 e. The molecular formula is C15H29N3O2. The van der Waals surface area contributed by atoms with E-state index in [4.69, 9.17) is 0 Å². The van der Waals surface area contributed by atoms with E-state index in [0.29, 0.717) is 12.5 Å². The van der Waals surface area contributed by atoms with E-state index >= 15 is 0 Å². The molecule has 5 nitrogen and oxygen atoms in total. The van der Waals surface area contributed by atoms with Crippen LogP contribution in [0.3, 0.4) is 0 Å². The number of nitrogens with one attached hydrogen (secondary N) is 1. The van der Waals surface area contributed by atoms with Crippen molar-refractivity contribution in [3.63, 3.8) is 0 Å². The highest BCUT2D eigenvalue weighted by molar-refractivity contribution is 5.80. The van der Waals surface area contributed by atoms with Gasteiger partial charge in [-0.2, -0.15) is 0 Å². The summed E-state index contributed by atoms with van der Waals surface area (Å²) in [4.78, 5) is 16.6. The number of carboxylic acids is 1. The third-order valence-corrected chi connectivity index (χ3v) is 4.63. The van der Waals surface area contributed by atoms with Gasteiger partial charge < -0.3 is 15.3 Å². The first-order chi connectivity index (χ1) is 9.58. The van der Waals surface area contributed by atoms with Crippen LogP contribution in [0.2, 0.25) is 0 Å². The van der Waals surface area contributed by atoms with Crippen LogP contribution in [0.5, 0.6) is 0 Å². The van der Waals surface area contributed by atoms with Gasteiger partial charge in [0.25, 0.3) is 0 Å². The molecule has 5 heteroatoms. The van der Waals surface area contributed by atoms with E-state index in [1.54, 1.807) is 0 Å². The van der Waals surface area contributed by atoms with Crippen molar-refractivity contribution in [3.8, 4) is 0 Å². The van der Waals surface area contributed by atoms with Gasteiger partial charge in [0.05, 0.1) is 0 Å². The van der Waals surface area contributed by atoms with Crippen LogP contribution in [-0.4, -0.2) is 72.7 Å². The van der Waals surface area contributed by atoms with Gasteiger partial charge in [-0.1, -0.05) is 6.92 Å². The summed E-state index contributed by atoms with van der Waals surface area (Å²) in [6, 6.07) is 0. The maximum Gasteiger partial charge on any atom is 0.325 e. The van der Waals surface area contributed by atoms with E-state index in [1.807, 2.05) is 0 Å². The topological polar surface area (TPSA) is 55.8 Å². The molecular weight excluding hydrogens is 254 g/mol. The minimum Gasteiger partial charge on any atom is -0.480 e. The summed E-state index contributed by atoms with van der Waals surface area (Å²) in [5.41, 5.74) is -0.723. The van der Waals surface area contributed by atoms with E-state index in [2.05, 4.69) is 29.1 Å². The average Bonchev–Trinajstić information content (AvgIpc) is 3.23. The predicted octanol–water partition coefficient (Wildman–Crippen LogP) is 0.857. The molecule has 0 bridgehead atoms. The van der Waals surface area contributed by atoms with E-state index in [9.17, 15) is 9.90 Å². The number of nitrogens with zero attached hydrogens (tertiary/aromatic N) is 2. The molecule has 0 amide bonds. The number of likely N-dealkylation sites (N-methyl/N-ethyl adjacent to an activating group) is 1. The van der Waals surface area contributed by atoms with Gasteiger partial charge in [0.15, 0.2) is 0 Å². The van der Waals surface area contributed by atoms with E-state index in [-0.39, 0.29) is 0 Å². The number of hydrogen-bond donors (Lipinski definition) is 2. The molecule has 0 radical (unpaired) electrons. The highest BCUT2D eigenvalue weighted by Crippen LogP contribution is 2.40. The Morgan fingerprint density at radius 3 is 2.65 bits per heavy atom. The molecule has 2 N–H and O–H groups in total. The fourth-order valence-electron chi connectivity index (χ4n) is 3.18. The van der Waals surface area contributed by atoms with Crippen molar-refractivity contribution in [2.75, 3.05) is 46.3 Å². The van der Waals surface area contributed by atoms with Gasteiger partial charge in [0, 0.05) is 19.6 Å². The van der Waals surface area contributed by atoms with Crippen molar-refractivity contribution in [1.29, 1.82) is 0 Å². The first-order valence-electron chi connectivity index (χ1n) is 7.98. The van der Waals surface area contributed by atoms with Crippen LogP contribution in [-0.2, 0) is 4.79 Å². The zero-order valence-electron chi connectivity index (χ0n) is 12.9. The Kier molecular flexibility index (Phi) is 5.41. The van der Waals surface area contributed by atoms with Crippen molar-refractivity contribution in [1.82, 2.24) is 15.1 Å². The molecule has 0 aromatic carbocycles. The van der Waals surface area contributed by atoms with Gasteiger partial charge in [0.1, 0.15) is 5.54 Å². The summed E-state index contributed by atoms with van der Waals surface area (Å²) in [6.45, 7) is 7.67. The summed E-state index contributed by atoms with van der Waals surface area (Å²) in [5, 5.41) is 13.2. The monoisotopic (exact) mass is 283 g/mol. The summed E-state index contributed by atoms with van der Waals surface area (Å²) in [7, 11) is 2.14. The fourth-order valence-corrected chi connectivity index (χ4v) is 3.18. The number of rotatable bonds is 7. The molecule has 1 saturated carbocycles. The molecule has 1 aliphatic heterocycles. The van der Waals surface area contributed by atoms with Gasteiger partial charge >= 0.3 is 5.97 Å². The molecule has 20 heavy (non-hydrogen) atoms. The molecule has 2 aliphatic rings. The normalized spacial score (nSPS) is 25.1. The number of aliphatic carboxylic acids is 1. The summed E-state index contributed by atoms with van der Waals surface area (Å²) < 4.78 is 0. The van der Waals surface area contributed by atoms with E-state index < -0.39 is 11.5 Å².